The van der Waals surface area contributed by atoms with Crippen LogP contribution in [0.15, 0.2) is 17.0 Å². The van der Waals surface area contributed by atoms with Crippen molar-refractivity contribution in [2.45, 2.75) is 11.4 Å². The molecule has 0 atom stereocenters. The molecule has 5 nitrogen and oxygen atoms in total. The van der Waals surface area contributed by atoms with Crippen molar-refractivity contribution in [2.75, 3.05) is 21.2 Å². The first kappa shape index (κ1) is 13.9. The average Bonchev–Trinajstić information content (AvgIpc) is 2.14. The smallest absolute Gasteiger partial charge is 0.238 e. The van der Waals surface area contributed by atoms with Crippen LogP contribution in [0.2, 0.25) is 0 Å². The lowest BCUT2D eigenvalue weighted by molar-refractivity contribution is 0.354. The Morgan fingerprint density at radius 2 is 2.00 bits per heavy atom. The van der Waals surface area contributed by atoms with Crippen LogP contribution in [-0.4, -0.2) is 34.5 Å². The largest absolute Gasteiger partial charge is 0.493 e. The fourth-order valence-corrected chi connectivity index (χ4v) is 2.05. The van der Waals surface area contributed by atoms with Gasteiger partial charge < -0.3 is 9.64 Å². The van der Waals surface area contributed by atoms with Gasteiger partial charge in [-0.05, 0) is 26.2 Å². The summed E-state index contributed by atoms with van der Waals surface area (Å²) >= 11 is 0. The van der Waals surface area contributed by atoms with Crippen LogP contribution >= 0.6 is 0 Å². The average molecular weight is 262 g/mol. The number of methoxy groups -OCH3 is 1. The molecule has 17 heavy (non-hydrogen) atoms. The van der Waals surface area contributed by atoms with Crippen molar-refractivity contribution in [3.05, 3.63) is 23.5 Å². The third-order valence-electron chi connectivity index (χ3n) is 2.11. The molecule has 96 valence electrons. The number of ether oxygens (including phenoxy) is 1. The van der Waals surface area contributed by atoms with Crippen LogP contribution in [0.4, 0.5) is 4.39 Å². The molecule has 0 unspecified atom stereocenters. The molecule has 1 aromatic carbocycles. The van der Waals surface area contributed by atoms with Gasteiger partial charge >= 0.3 is 0 Å². The second-order valence-electron chi connectivity index (χ2n) is 3.88. The van der Waals surface area contributed by atoms with Gasteiger partial charge in [0, 0.05) is 12.1 Å². The molecule has 0 spiro atoms. The van der Waals surface area contributed by atoms with E-state index in [0.29, 0.717) is 12.1 Å². The first-order valence-corrected chi connectivity index (χ1v) is 6.34. The summed E-state index contributed by atoms with van der Waals surface area (Å²) in [5, 5.41) is 4.97. The lowest BCUT2D eigenvalue weighted by atomic mass is 10.2. The summed E-state index contributed by atoms with van der Waals surface area (Å²) < 4.78 is 40.9. The maximum absolute atomic E-state index is 13.6. The number of benzene rings is 1. The molecule has 2 N–H and O–H groups in total. The zero-order valence-electron chi connectivity index (χ0n) is 9.90. The SMILES string of the molecule is COc1c(F)cc(S(N)(=O)=O)cc1CN(C)C. The Morgan fingerprint density at radius 1 is 1.41 bits per heavy atom. The van der Waals surface area contributed by atoms with Crippen molar-refractivity contribution in [1.82, 2.24) is 4.90 Å². The van der Waals surface area contributed by atoms with E-state index in [4.69, 9.17) is 9.88 Å². The molecule has 0 amide bonds. The summed E-state index contributed by atoms with van der Waals surface area (Å²) in [7, 11) is 0.962. The third-order valence-corrected chi connectivity index (χ3v) is 3.01. The number of hydrogen-bond donors (Lipinski definition) is 1. The second kappa shape index (κ2) is 4.99. The molecular weight excluding hydrogens is 247 g/mol. The van der Waals surface area contributed by atoms with Crippen molar-refractivity contribution in [1.29, 1.82) is 0 Å². The Bertz CT molecular complexity index is 515. The van der Waals surface area contributed by atoms with Gasteiger partial charge in [0.2, 0.25) is 10.0 Å². The van der Waals surface area contributed by atoms with Crippen LogP contribution in [0.1, 0.15) is 5.56 Å². The highest BCUT2D eigenvalue weighted by atomic mass is 32.2. The molecule has 0 bridgehead atoms. The van der Waals surface area contributed by atoms with E-state index >= 15 is 0 Å². The van der Waals surface area contributed by atoms with E-state index in [1.54, 1.807) is 19.0 Å². The highest BCUT2D eigenvalue weighted by molar-refractivity contribution is 7.89. The molecule has 0 aliphatic rings. The van der Waals surface area contributed by atoms with Gasteiger partial charge in [0.15, 0.2) is 11.6 Å². The molecule has 1 aromatic rings. The van der Waals surface area contributed by atoms with Gasteiger partial charge in [0.25, 0.3) is 0 Å². The number of rotatable bonds is 4. The molecule has 0 radical (unpaired) electrons. The summed E-state index contributed by atoms with van der Waals surface area (Å²) in [5.41, 5.74) is 0.432. The highest BCUT2D eigenvalue weighted by Crippen LogP contribution is 2.26. The molecule has 7 heteroatoms. The Hall–Kier alpha value is -1.18. The monoisotopic (exact) mass is 262 g/mol. The Kier molecular flexibility index (Phi) is 4.07. The highest BCUT2D eigenvalue weighted by Gasteiger charge is 2.17. The number of halogens is 1. The Balaban J connectivity index is 3.39. The van der Waals surface area contributed by atoms with Crippen LogP contribution in [0.3, 0.4) is 0 Å². The molecule has 0 fully saturated rings. The van der Waals surface area contributed by atoms with Gasteiger partial charge in [-0.15, -0.1) is 0 Å². The van der Waals surface area contributed by atoms with Gasteiger partial charge in [-0.25, -0.2) is 17.9 Å². The van der Waals surface area contributed by atoms with Crippen molar-refractivity contribution in [3.63, 3.8) is 0 Å². The molecule has 0 aliphatic carbocycles. The van der Waals surface area contributed by atoms with Crippen LogP contribution in [0, 0.1) is 5.82 Å². The van der Waals surface area contributed by atoms with Gasteiger partial charge in [-0.2, -0.15) is 0 Å². The summed E-state index contributed by atoms with van der Waals surface area (Å²) in [6.07, 6.45) is 0. The Labute approximate surface area is 100 Å². The number of primary sulfonamides is 1. The van der Waals surface area contributed by atoms with Gasteiger partial charge in [0.05, 0.1) is 12.0 Å². The van der Waals surface area contributed by atoms with E-state index in [2.05, 4.69) is 0 Å². The molecule has 0 saturated heterocycles. The number of sulfonamides is 1. The number of nitrogens with zero attached hydrogens (tertiary/aromatic N) is 1. The molecule has 0 heterocycles. The topological polar surface area (TPSA) is 72.6 Å². The van der Waals surface area contributed by atoms with E-state index in [9.17, 15) is 12.8 Å². The molecule has 1 rings (SSSR count). The van der Waals surface area contributed by atoms with Crippen molar-refractivity contribution < 1.29 is 17.5 Å². The number of hydrogen-bond acceptors (Lipinski definition) is 4. The maximum atomic E-state index is 13.6. The van der Waals surface area contributed by atoms with Crippen LogP contribution in [0.5, 0.6) is 5.75 Å². The van der Waals surface area contributed by atoms with Crippen LogP contribution < -0.4 is 9.88 Å². The fraction of sp³-hybridized carbons (Fsp3) is 0.400. The molecule has 0 saturated carbocycles. The van der Waals surface area contributed by atoms with Gasteiger partial charge in [0.1, 0.15) is 0 Å². The molecular formula is C10H15FN2O3S. The van der Waals surface area contributed by atoms with E-state index in [1.165, 1.54) is 13.2 Å². The van der Waals surface area contributed by atoms with Crippen LogP contribution in [-0.2, 0) is 16.6 Å². The van der Waals surface area contributed by atoms with Gasteiger partial charge in [-0.3, -0.25) is 0 Å². The minimum atomic E-state index is -3.92. The minimum Gasteiger partial charge on any atom is -0.493 e. The molecule has 0 aliphatic heterocycles. The second-order valence-corrected chi connectivity index (χ2v) is 5.44. The lowest BCUT2D eigenvalue weighted by Crippen LogP contribution is -2.16. The first-order valence-electron chi connectivity index (χ1n) is 4.79. The van der Waals surface area contributed by atoms with E-state index in [1.807, 2.05) is 0 Å². The standard InChI is InChI=1S/C10H15FN2O3S/c1-13(2)6-7-4-8(17(12,14)15)5-9(11)10(7)16-3/h4-5H,6H2,1-3H3,(H2,12,14,15). The predicted molar refractivity (Wildman–Crippen MR) is 61.7 cm³/mol. The molecule has 0 aromatic heterocycles. The minimum absolute atomic E-state index is 0.0334. The van der Waals surface area contributed by atoms with E-state index in [0.717, 1.165) is 6.07 Å². The summed E-state index contributed by atoms with van der Waals surface area (Å²) in [5.74, 6) is -0.707. The van der Waals surface area contributed by atoms with Gasteiger partial charge in [-0.1, -0.05) is 0 Å². The first-order chi connectivity index (χ1) is 7.75. The normalized spacial score (nSPS) is 11.9. The quantitative estimate of drug-likeness (QED) is 0.859. The summed E-state index contributed by atoms with van der Waals surface area (Å²) in [6, 6.07) is 2.17. The van der Waals surface area contributed by atoms with Crippen LogP contribution in [0.25, 0.3) is 0 Å². The maximum Gasteiger partial charge on any atom is 0.238 e. The lowest BCUT2D eigenvalue weighted by Gasteiger charge is -2.15. The fourth-order valence-electron chi connectivity index (χ4n) is 1.47. The van der Waals surface area contributed by atoms with E-state index < -0.39 is 15.8 Å². The van der Waals surface area contributed by atoms with Crippen molar-refractivity contribution in [2.24, 2.45) is 5.14 Å². The Morgan fingerprint density at radius 3 is 2.41 bits per heavy atom. The zero-order chi connectivity index (χ0) is 13.2. The summed E-state index contributed by atoms with van der Waals surface area (Å²) in [6.45, 7) is 0.351. The zero-order valence-corrected chi connectivity index (χ0v) is 10.7. The van der Waals surface area contributed by atoms with E-state index in [-0.39, 0.29) is 10.6 Å². The predicted octanol–water partition coefficient (Wildman–Crippen LogP) is 0.543. The van der Waals surface area contributed by atoms with Crippen molar-refractivity contribution >= 4 is 10.0 Å². The number of nitrogens with two attached hydrogens (primary N) is 1. The summed E-state index contributed by atoms with van der Waals surface area (Å²) in [4.78, 5) is 1.51. The van der Waals surface area contributed by atoms with Crippen molar-refractivity contribution in [3.8, 4) is 5.75 Å². The third kappa shape index (κ3) is 3.39.